The van der Waals surface area contributed by atoms with E-state index < -0.39 is 0 Å². The maximum absolute atomic E-state index is 4.33. The largest absolute Gasteiger partial charge is 0.254 e. The highest BCUT2D eigenvalue weighted by atomic mass is 14.9. The van der Waals surface area contributed by atoms with E-state index in [0.29, 0.717) is 0 Å². The Labute approximate surface area is 88.4 Å². The van der Waals surface area contributed by atoms with E-state index in [1.54, 1.807) is 6.20 Å². The van der Waals surface area contributed by atoms with Crippen LogP contribution in [0.2, 0.25) is 0 Å². The lowest BCUT2D eigenvalue weighted by Crippen LogP contribution is -2.06. The van der Waals surface area contributed by atoms with Crippen LogP contribution in [0.1, 0.15) is 11.1 Å². The van der Waals surface area contributed by atoms with E-state index >= 15 is 0 Å². The first-order chi connectivity index (χ1) is 7.36. The molecular formula is C13H10N2. The van der Waals surface area contributed by atoms with Gasteiger partial charge in [-0.3, -0.25) is 9.98 Å². The maximum Gasteiger partial charge on any atom is 0.0980 e. The van der Waals surface area contributed by atoms with Crippen molar-refractivity contribution in [3.63, 3.8) is 0 Å². The predicted octanol–water partition coefficient (Wildman–Crippen LogP) is 2.76. The summed E-state index contributed by atoms with van der Waals surface area (Å²) in [5.41, 5.74) is 5.60. The zero-order valence-electron chi connectivity index (χ0n) is 8.44. The monoisotopic (exact) mass is 194 g/mol. The van der Waals surface area contributed by atoms with Crippen LogP contribution in [-0.4, -0.2) is 11.4 Å². The second-order valence-corrected chi connectivity index (χ2v) is 3.67. The number of benzene rings is 1. The lowest BCUT2D eigenvalue weighted by Gasteiger charge is -2.06. The molecule has 2 nitrogen and oxygen atoms in total. The molecule has 0 radical (unpaired) electrons. The van der Waals surface area contributed by atoms with E-state index in [1.165, 1.54) is 11.1 Å². The van der Waals surface area contributed by atoms with E-state index in [1.807, 2.05) is 24.4 Å². The van der Waals surface area contributed by atoms with Gasteiger partial charge in [-0.2, -0.15) is 0 Å². The summed E-state index contributed by atoms with van der Waals surface area (Å²) < 4.78 is 0. The summed E-state index contributed by atoms with van der Waals surface area (Å²) >= 11 is 0. The normalized spacial score (nSPS) is 17.3. The van der Waals surface area contributed by atoms with Crippen LogP contribution in [0.5, 0.6) is 0 Å². The van der Waals surface area contributed by atoms with Crippen molar-refractivity contribution < 1.29 is 0 Å². The molecule has 0 saturated carbocycles. The molecule has 15 heavy (non-hydrogen) atoms. The standard InChI is InChI=1S/C13H10N2/c1-9-4-2-3-5-10(9)11-8-15-12-6-7-14-13(11)12/h2-8H,1H3. The molecule has 0 unspecified atom stereocenters. The van der Waals surface area contributed by atoms with Crippen molar-refractivity contribution in [2.45, 2.75) is 6.92 Å². The summed E-state index contributed by atoms with van der Waals surface area (Å²) in [5.74, 6) is 0. The van der Waals surface area contributed by atoms with Crippen LogP contribution < -0.4 is 0 Å². The Morgan fingerprint density at radius 3 is 2.80 bits per heavy atom. The van der Waals surface area contributed by atoms with Crippen LogP contribution in [0.4, 0.5) is 0 Å². The molecule has 0 spiro atoms. The molecule has 0 saturated heterocycles. The summed E-state index contributed by atoms with van der Waals surface area (Å²) in [4.78, 5) is 8.67. The highest BCUT2D eigenvalue weighted by Crippen LogP contribution is 2.26. The minimum Gasteiger partial charge on any atom is -0.254 e. The van der Waals surface area contributed by atoms with E-state index in [0.717, 1.165) is 17.0 Å². The zero-order chi connectivity index (χ0) is 10.3. The third kappa shape index (κ3) is 1.18. The number of nitrogens with zero attached hydrogens (tertiary/aromatic N) is 2. The van der Waals surface area contributed by atoms with Crippen molar-refractivity contribution >= 4 is 17.0 Å². The highest BCUT2D eigenvalue weighted by molar-refractivity contribution is 6.63. The van der Waals surface area contributed by atoms with Gasteiger partial charge in [0.25, 0.3) is 0 Å². The van der Waals surface area contributed by atoms with Gasteiger partial charge < -0.3 is 0 Å². The molecule has 0 aliphatic carbocycles. The fourth-order valence-electron chi connectivity index (χ4n) is 1.91. The van der Waals surface area contributed by atoms with Gasteiger partial charge >= 0.3 is 0 Å². The number of aliphatic imine (C=N–C) groups is 2. The van der Waals surface area contributed by atoms with Crippen LogP contribution in [0.25, 0.3) is 5.57 Å². The van der Waals surface area contributed by atoms with Gasteiger partial charge in [-0.15, -0.1) is 0 Å². The maximum atomic E-state index is 4.33. The molecule has 3 rings (SSSR count). The molecule has 2 aliphatic rings. The Morgan fingerprint density at radius 2 is 1.93 bits per heavy atom. The van der Waals surface area contributed by atoms with Crippen LogP contribution >= 0.6 is 0 Å². The first kappa shape index (κ1) is 8.36. The topological polar surface area (TPSA) is 24.7 Å². The quantitative estimate of drug-likeness (QED) is 0.656. The van der Waals surface area contributed by atoms with Crippen molar-refractivity contribution in [1.82, 2.24) is 0 Å². The molecular weight excluding hydrogens is 184 g/mol. The average Bonchev–Trinajstić information content (AvgIpc) is 2.80. The van der Waals surface area contributed by atoms with Gasteiger partial charge in [0.1, 0.15) is 0 Å². The summed E-state index contributed by atoms with van der Waals surface area (Å²) in [7, 11) is 0. The Morgan fingerprint density at radius 1 is 1.07 bits per heavy atom. The van der Waals surface area contributed by atoms with Crippen LogP contribution in [-0.2, 0) is 0 Å². The number of aryl methyl sites for hydroxylation is 1. The number of hydrogen-bond acceptors (Lipinski definition) is 2. The Balaban J connectivity index is 2.09. The molecule has 2 aliphatic heterocycles. The molecule has 0 atom stereocenters. The second kappa shape index (κ2) is 3.02. The summed E-state index contributed by atoms with van der Waals surface area (Å²) in [5, 5.41) is 0. The molecule has 1 aromatic carbocycles. The van der Waals surface area contributed by atoms with Gasteiger partial charge in [0.05, 0.1) is 11.4 Å². The molecule has 0 N–H and O–H groups in total. The molecule has 2 heterocycles. The van der Waals surface area contributed by atoms with E-state index in [4.69, 9.17) is 0 Å². The number of rotatable bonds is 1. The molecule has 72 valence electrons. The van der Waals surface area contributed by atoms with Gasteiger partial charge in [0.2, 0.25) is 0 Å². The SMILES string of the molecule is Cc1ccccc1C1=CN=C2C=CN=C12. The van der Waals surface area contributed by atoms with Crippen molar-refractivity contribution in [2.75, 3.05) is 0 Å². The lowest BCUT2D eigenvalue weighted by molar-refractivity contribution is 1.43. The fourth-order valence-corrected chi connectivity index (χ4v) is 1.91. The van der Waals surface area contributed by atoms with E-state index in [9.17, 15) is 0 Å². The average molecular weight is 194 g/mol. The van der Waals surface area contributed by atoms with Crippen LogP contribution in [0.15, 0.2) is 52.7 Å². The van der Waals surface area contributed by atoms with Gasteiger partial charge in [0.15, 0.2) is 0 Å². The van der Waals surface area contributed by atoms with E-state index in [-0.39, 0.29) is 0 Å². The van der Waals surface area contributed by atoms with Crippen molar-refractivity contribution in [2.24, 2.45) is 9.98 Å². The molecule has 0 bridgehead atoms. The summed E-state index contributed by atoms with van der Waals surface area (Å²) in [6, 6.07) is 8.31. The predicted molar refractivity (Wildman–Crippen MR) is 63.2 cm³/mol. The van der Waals surface area contributed by atoms with Gasteiger partial charge in [-0.25, -0.2) is 0 Å². The Kier molecular flexibility index (Phi) is 1.68. The lowest BCUT2D eigenvalue weighted by atomic mass is 9.97. The minimum absolute atomic E-state index is 0.980. The third-order valence-corrected chi connectivity index (χ3v) is 2.70. The Hall–Kier alpha value is -1.96. The zero-order valence-corrected chi connectivity index (χ0v) is 8.44. The number of hydrogen-bond donors (Lipinski definition) is 0. The molecule has 0 aromatic heterocycles. The molecule has 1 aromatic rings. The third-order valence-electron chi connectivity index (χ3n) is 2.70. The number of fused-ring (bicyclic) bond motifs is 1. The summed E-state index contributed by atoms with van der Waals surface area (Å²) in [6.45, 7) is 2.11. The molecule has 2 heteroatoms. The van der Waals surface area contributed by atoms with Crippen molar-refractivity contribution in [3.05, 3.63) is 53.9 Å². The van der Waals surface area contributed by atoms with Gasteiger partial charge in [-0.1, -0.05) is 24.3 Å². The summed E-state index contributed by atoms with van der Waals surface area (Å²) in [6.07, 6.45) is 5.65. The minimum atomic E-state index is 0.980. The second-order valence-electron chi connectivity index (χ2n) is 3.67. The van der Waals surface area contributed by atoms with Crippen LogP contribution in [0, 0.1) is 6.92 Å². The van der Waals surface area contributed by atoms with Crippen LogP contribution in [0.3, 0.4) is 0 Å². The molecule has 0 amide bonds. The van der Waals surface area contributed by atoms with E-state index in [2.05, 4.69) is 29.0 Å². The first-order valence-electron chi connectivity index (χ1n) is 4.95. The molecule has 0 fully saturated rings. The fraction of sp³-hybridized carbons (Fsp3) is 0.0769. The number of allylic oxidation sites excluding steroid dienone is 2. The van der Waals surface area contributed by atoms with Crippen molar-refractivity contribution in [1.29, 1.82) is 0 Å². The Bertz CT molecular complexity index is 545. The highest BCUT2D eigenvalue weighted by Gasteiger charge is 2.21. The first-order valence-corrected chi connectivity index (χ1v) is 4.95. The smallest absolute Gasteiger partial charge is 0.0980 e. The van der Waals surface area contributed by atoms with Crippen molar-refractivity contribution in [3.8, 4) is 0 Å². The van der Waals surface area contributed by atoms with Gasteiger partial charge in [-0.05, 0) is 24.1 Å². The van der Waals surface area contributed by atoms with Gasteiger partial charge in [0, 0.05) is 18.0 Å².